The number of carbonyl (C=O) groups excluding carboxylic acids is 1. The minimum atomic E-state index is -0.400. The van der Waals surface area contributed by atoms with Crippen LogP contribution < -0.4 is 11.1 Å². The summed E-state index contributed by atoms with van der Waals surface area (Å²) in [7, 11) is 0. The molecule has 1 aromatic rings. The van der Waals surface area contributed by atoms with Crippen molar-refractivity contribution >= 4 is 17.3 Å². The monoisotopic (exact) mass is 293 g/mol. The minimum Gasteiger partial charge on any atom is -0.397 e. The molecule has 2 unspecified atom stereocenters. The molecule has 1 aliphatic rings. The number of rotatable bonds is 5. The summed E-state index contributed by atoms with van der Waals surface area (Å²) in [6.07, 6.45) is 1.28. The molecule has 1 saturated heterocycles. The Morgan fingerprint density at radius 3 is 2.67 bits per heavy atom. The highest BCUT2D eigenvalue weighted by atomic mass is 19.1. The van der Waals surface area contributed by atoms with Gasteiger partial charge in [-0.15, -0.1) is 0 Å². The normalized spacial score (nSPS) is 22.4. The Morgan fingerprint density at radius 1 is 1.38 bits per heavy atom. The number of carbonyl (C=O) groups is 1. The number of benzene rings is 1. The van der Waals surface area contributed by atoms with Gasteiger partial charge in [0.25, 0.3) is 0 Å². The number of amides is 1. The molecule has 116 valence electrons. The Morgan fingerprint density at radius 2 is 2.05 bits per heavy atom. The molecule has 21 heavy (non-hydrogen) atoms. The van der Waals surface area contributed by atoms with Gasteiger partial charge in [0.05, 0.1) is 11.4 Å². The van der Waals surface area contributed by atoms with Crippen molar-refractivity contribution in [2.24, 2.45) is 11.8 Å². The summed E-state index contributed by atoms with van der Waals surface area (Å²) in [6.45, 7) is 7.73. The maximum Gasteiger partial charge on any atom is 0.224 e. The summed E-state index contributed by atoms with van der Waals surface area (Å²) in [6, 6.07) is 3.99. The van der Waals surface area contributed by atoms with E-state index in [-0.39, 0.29) is 11.6 Å². The number of nitrogens with zero attached hydrogens (tertiary/aromatic N) is 1. The van der Waals surface area contributed by atoms with Gasteiger partial charge in [0.1, 0.15) is 5.82 Å². The first kappa shape index (κ1) is 15.8. The smallest absolute Gasteiger partial charge is 0.224 e. The van der Waals surface area contributed by atoms with Crippen molar-refractivity contribution in [3.8, 4) is 0 Å². The summed E-state index contributed by atoms with van der Waals surface area (Å²) in [4.78, 5) is 14.3. The van der Waals surface area contributed by atoms with E-state index in [0.717, 1.165) is 37.9 Å². The van der Waals surface area contributed by atoms with Crippen molar-refractivity contribution in [1.29, 1.82) is 0 Å². The van der Waals surface area contributed by atoms with Crippen LogP contribution in [0.2, 0.25) is 0 Å². The Hall–Kier alpha value is -1.62. The number of nitrogens with two attached hydrogens (primary N) is 1. The topological polar surface area (TPSA) is 58.4 Å². The zero-order valence-electron chi connectivity index (χ0n) is 12.7. The van der Waals surface area contributed by atoms with Crippen molar-refractivity contribution in [2.45, 2.75) is 26.7 Å². The number of nitrogens with one attached hydrogen (secondary N) is 1. The number of hydrogen-bond acceptors (Lipinski definition) is 3. The summed E-state index contributed by atoms with van der Waals surface area (Å²) in [5.41, 5.74) is 6.40. The van der Waals surface area contributed by atoms with Gasteiger partial charge in [-0.25, -0.2) is 4.39 Å². The predicted molar refractivity (Wildman–Crippen MR) is 83.4 cm³/mol. The third kappa shape index (κ3) is 4.43. The Balaban J connectivity index is 1.73. The van der Waals surface area contributed by atoms with Gasteiger partial charge in [0.2, 0.25) is 5.91 Å². The molecule has 1 amide bonds. The standard InChI is InChI=1S/C16H24FN3O/c1-11-9-20(10-12(11)2)7-3-4-16(21)19-15-6-5-13(17)8-14(15)18/h5-6,8,11-12H,3-4,7,9-10,18H2,1-2H3,(H,19,21). The molecular formula is C16H24FN3O. The van der Waals surface area contributed by atoms with E-state index in [1.807, 2.05) is 0 Å². The molecule has 1 fully saturated rings. The first-order valence-corrected chi connectivity index (χ1v) is 7.53. The molecule has 0 aromatic heterocycles. The van der Waals surface area contributed by atoms with E-state index in [9.17, 15) is 9.18 Å². The van der Waals surface area contributed by atoms with Crippen LogP contribution in [0.3, 0.4) is 0 Å². The highest BCUT2D eigenvalue weighted by molar-refractivity contribution is 5.93. The number of hydrogen-bond donors (Lipinski definition) is 2. The van der Waals surface area contributed by atoms with Gasteiger partial charge >= 0.3 is 0 Å². The minimum absolute atomic E-state index is 0.0754. The lowest BCUT2D eigenvalue weighted by Gasteiger charge is -2.15. The number of anilines is 2. The zero-order chi connectivity index (χ0) is 15.4. The molecule has 0 bridgehead atoms. The van der Waals surface area contributed by atoms with Crippen LogP contribution in [0.4, 0.5) is 15.8 Å². The number of likely N-dealkylation sites (tertiary alicyclic amines) is 1. The third-order valence-electron chi connectivity index (χ3n) is 4.23. The van der Waals surface area contributed by atoms with E-state index in [0.29, 0.717) is 12.1 Å². The van der Waals surface area contributed by atoms with Crippen molar-refractivity contribution in [1.82, 2.24) is 4.90 Å². The van der Waals surface area contributed by atoms with Gasteiger partial charge < -0.3 is 16.0 Å². The van der Waals surface area contributed by atoms with Crippen LogP contribution in [0, 0.1) is 17.7 Å². The molecule has 0 aliphatic carbocycles. The Kier molecular flexibility index (Phi) is 5.17. The van der Waals surface area contributed by atoms with E-state index in [1.165, 1.54) is 18.2 Å². The van der Waals surface area contributed by atoms with Crippen LogP contribution in [0.15, 0.2) is 18.2 Å². The van der Waals surface area contributed by atoms with Crippen molar-refractivity contribution in [2.75, 3.05) is 30.7 Å². The second kappa shape index (κ2) is 6.89. The van der Waals surface area contributed by atoms with Crippen LogP contribution >= 0.6 is 0 Å². The van der Waals surface area contributed by atoms with E-state index >= 15 is 0 Å². The van der Waals surface area contributed by atoms with Crippen LogP contribution in [0.5, 0.6) is 0 Å². The molecule has 0 radical (unpaired) electrons. The van der Waals surface area contributed by atoms with Crippen molar-refractivity contribution in [3.63, 3.8) is 0 Å². The van der Waals surface area contributed by atoms with E-state index < -0.39 is 5.82 Å². The zero-order valence-corrected chi connectivity index (χ0v) is 12.7. The second-order valence-electron chi connectivity index (χ2n) is 6.10. The average molecular weight is 293 g/mol. The highest BCUT2D eigenvalue weighted by Crippen LogP contribution is 2.22. The summed E-state index contributed by atoms with van der Waals surface area (Å²) >= 11 is 0. The third-order valence-corrected chi connectivity index (χ3v) is 4.23. The molecule has 2 atom stereocenters. The van der Waals surface area contributed by atoms with Crippen molar-refractivity contribution < 1.29 is 9.18 Å². The number of nitrogen functional groups attached to an aromatic ring is 1. The highest BCUT2D eigenvalue weighted by Gasteiger charge is 2.25. The first-order chi connectivity index (χ1) is 9.95. The maximum atomic E-state index is 12.9. The van der Waals surface area contributed by atoms with Gasteiger partial charge in [0.15, 0.2) is 0 Å². The lowest BCUT2D eigenvalue weighted by Crippen LogP contribution is -2.23. The molecule has 1 aliphatic heterocycles. The fourth-order valence-electron chi connectivity index (χ4n) is 2.75. The number of halogens is 1. The van der Waals surface area contributed by atoms with Crippen molar-refractivity contribution in [3.05, 3.63) is 24.0 Å². The summed E-state index contributed by atoms with van der Waals surface area (Å²) in [5, 5.41) is 2.73. The lowest BCUT2D eigenvalue weighted by atomic mass is 10.0. The fourth-order valence-corrected chi connectivity index (χ4v) is 2.75. The van der Waals surface area contributed by atoms with Crippen LogP contribution in [-0.2, 0) is 4.79 Å². The molecule has 3 N–H and O–H groups in total. The maximum absolute atomic E-state index is 12.9. The van der Waals surface area contributed by atoms with Gasteiger partial charge in [0, 0.05) is 19.5 Å². The molecule has 0 spiro atoms. The lowest BCUT2D eigenvalue weighted by molar-refractivity contribution is -0.116. The summed E-state index contributed by atoms with van der Waals surface area (Å²) < 4.78 is 12.9. The summed E-state index contributed by atoms with van der Waals surface area (Å²) in [5.74, 6) is 0.993. The SMILES string of the molecule is CC1CN(CCCC(=O)Nc2ccc(F)cc2N)CC1C. The Bertz CT molecular complexity index is 496. The average Bonchev–Trinajstić information content (AvgIpc) is 2.72. The molecule has 5 heteroatoms. The largest absolute Gasteiger partial charge is 0.397 e. The van der Waals surface area contributed by atoms with Gasteiger partial charge in [-0.1, -0.05) is 13.8 Å². The van der Waals surface area contributed by atoms with Crippen LogP contribution in [-0.4, -0.2) is 30.4 Å². The van der Waals surface area contributed by atoms with E-state index in [4.69, 9.17) is 5.73 Å². The van der Waals surface area contributed by atoms with Gasteiger partial charge in [-0.05, 0) is 43.0 Å². The van der Waals surface area contributed by atoms with Crippen LogP contribution in [0.1, 0.15) is 26.7 Å². The van der Waals surface area contributed by atoms with E-state index in [2.05, 4.69) is 24.1 Å². The van der Waals surface area contributed by atoms with E-state index in [1.54, 1.807) is 0 Å². The van der Waals surface area contributed by atoms with Gasteiger partial charge in [-0.2, -0.15) is 0 Å². The quantitative estimate of drug-likeness (QED) is 0.821. The predicted octanol–water partition coefficient (Wildman–Crippen LogP) is 2.71. The molecule has 2 rings (SSSR count). The molecular weight excluding hydrogens is 269 g/mol. The first-order valence-electron chi connectivity index (χ1n) is 7.53. The van der Waals surface area contributed by atoms with Gasteiger partial charge in [-0.3, -0.25) is 4.79 Å². The molecule has 4 nitrogen and oxygen atoms in total. The molecule has 0 saturated carbocycles. The molecule has 1 aromatic carbocycles. The fraction of sp³-hybridized carbons (Fsp3) is 0.562. The van der Waals surface area contributed by atoms with Crippen LogP contribution in [0.25, 0.3) is 0 Å². The molecule has 1 heterocycles. The second-order valence-corrected chi connectivity index (χ2v) is 6.10. The Labute approximate surface area is 125 Å².